The molecular formula is C13H18O4. The van der Waals surface area contributed by atoms with Gasteiger partial charge in [0.15, 0.2) is 0 Å². The van der Waals surface area contributed by atoms with Gasteiger partial charge in [-0.1, -0.05) is 13.2 Å². The van der Waals surface area contributed by atoms with Crippen molar-refractivity contribution < 1.29 is 19.1 Å². The molecule has 2 radical (unpaired) electrons. The summed E-state index contributed by atoms with van der Waals surface area (Å²) in [6.07, 6.45) is 0. The highest BCUT2D eigenvalue weighted by atomic mass is 16.5. The number of carbonyl (C=O) groups is 2. The monoisotopic (exact) mass is 238 g/mol. The van der Waals surface area contributed by atoms with Crippen molar-refractivity contribution >= 4 is 11.9 Å². The second-order valence-electron chi connectivity index (χ2n) is 4.21. The fraction of sp³-hybridized carbons (Fsp3) is 0.385. The summed E-state index contributed by atoms with van der Waals surface area (Å²) in [5.41, 5.74) is -0.351. The number of esters is 2. The zero-order chi connectivity index (χ0) is 13.6. The Morgan fingerprint density at radius 1 is 0.941 bits per heavy atom. The summed E-state index contributed by atoms with van der Waals surface area (Å²) in [5, 5.41) is 0. The Kier molecular flexibility index (Phi) is 5.65. The summed E-state index contributed by atoms with van der Waals surface area (Å²) in [6, 6.07) is 0. The summed E-state index contributed by atoms with van der Waals surface area (Å²) >= 11 is 0. The van der Waals surface area contributed by atoms with Crippen LogP contribution in [0.3, 0.4) is 0 Å². The molecule has 0 aliphatic carbocycles. The molecule has 0 aromatic carbocycles. The quantitative estimate of drug-likeness (QED) is 0.523. The van der Waals surface area contributed by atoms with Gasteiger partial charge in [0.2, 0.25) is 0 Å². The molecule has 0 aromatic heterocycles. The smallest absolute Gasteiger partial charge is 0.333 e. The minimum Gasteiger partial charge on any atom is -0.462 e. The van der Waals surface area contributed by atoms with Crippen molar-refractivity contribution in [1.29, 1.82) is 0 Å². The highest BCUT2D eigenvalue weighted by molar-refractivity contribution is 5.87. The summed E-state index contributed by atoms with van der Waals surface area (Å²) in [6.45, 7) is 17.3. The molecule has 0 heterocycles. The average molecular weight is 238 g/mol. The Morgan fingerprint density at radius 2 is 1.24 bits per heavy atom. The summed E-state index contributed by atoms with van der Waals surface area (Å²) in [7, 11) is 0. The molecule has 0 rings (SSSR count). The van der Waals surface area contributed by atoms with Crippen molar-refractivity contribution in [3.05, 3.63) is 38.2 Å². The molecule has 0 unspecified atom stereocenters. The van der Waals surface area contributed by atoms with Gasteiger partial charge in [-0.2, -0.15) is 0 Å². The third-order valence-corrected chi connectivity index (χ3v) is 1.72. The van der Waals surface area contributed by atoms with Crippen LogP contribution in [-0.2, 0) is 19.1 Å². The predicted molar refractivity (Wildman–Crippen MR) is 64.7 cm³/mol. The Morgan fingerprint density at radius 3 is 1.47 bits per heavy atom. The molecule has 0 bridgehead atoms. The summed E-state index contributed by atoms with van der Waals surface area (Å²) < 4.78 is 9.77. The van der Waals surface area contributed by atoms with Gasteiger partial charge < -0.3 is 9.47 Å². The van der Waals surface area contributed by atoms with Gasteiger partial charge in [-0.25, -0.2) is 9.59 Å². The molecular weight excluding hydrogens is 220 g/mol. The molecule has 4 heteroatoms. The van der Waals surface area contributed by atoms with E-state index in [1.54, 1.807) is 0 Å². The van der Waals surface area contributed by atoms with Crippen LogP contribution in [0.2, 0.25) is 0 Å². The van der Waals surface area contributed by atoms with Crippen LogP contribution in [0.25, 0.3) is 0 Å². The van der Waals surface area contributed by atoms with Gasteiger partial charge in [-0.05, 0) is 27.7 Å². The van der Waals surface area contributed by atoms with E-state index in [9.17, 15) is 9.59 Å². The van der Waals surface area contributed by atoms with E-state index in [1.807, 2.05) is 0 Å². The van der Waals surface area contributed by atoms with Crippen molar-refractivity contribution in [2.45, 2.75) is 13.8 Å². The zero-order valence-corrected chi connectivity index (χ0v) is 10.4. The molecule has 0 fully saturated rings. The maximum absolute atomic E-state index is 11.1. The molecule has 0 aliphatic rings. The van der Waals surface area contributed by atoms with Gasteiger partial charge >= 0.3 is 11.9 Å². The maximum Gasteiger partial charge on any atom is 0.333 e. The van der Waals surface area contributed by atoms with Crippen LogP contribution in [0.15, 0.2) is 24.3 Å². The lowest BCUT2D eigenvalue weighted by atomic mass is 9.96. The van der Waals surface area contributed by atoms with E-state index in [2.05, 4.69) is 27.0 Å². The molecule has 17 heavy (non-hydrogen) atoms. The molecule has 94 valence electrons. The average Bonchev–Trinajstić information content (AvgIpc) is 2.22. The lowest BCUT2D eigenvalue weighted by Gasteiger charge is -2.23. The van der Waals surface area contributed by atoms with E-state index < -0.39 is 17.4 Å². The molecule has 0 amide bonds. The Labute approximate surface area is 102 Å². The third-order valence-electron chi connectivity index (χ3n) is 1.72. The van der Waals surface area contributed by atoms with Gasteiger partial charge in [0.1, 0.15) is 13.2 Å². The zero-order valence-electron chi connectivity index (χ0n) is 10.4. The van der Waals surface area contributed by atoms with Crippen LogP contribution in [0.5, 0.6) is 0 Å². The first kappa shape index (κ1) is 15.4. The van der Waals surface area contributed by atoms with E-state index in [-0.39, 0.29) is 13.2 Å². The van der Waals surface area contributed by atoms with Crippen LogP contribution in [0, 0.1) is 19.3 Å². The Bertz CT molecular complexity index is 307. The molecule has 0 aliphatic heterocycles. The largest absolute Gasteiger partial charge is 0.462 e. The van der Waals surface area contributed by atoms with E-state index >= 15 is 0 Å². The van der Waals surface area contributed by atoms with E-state index in [4.69, 9.17) is 9.47 Å². The molecule has 0 saturated heterocycles. The number of rotatable bonds is 6. The van der Waals surface area contributed by atoms with Crippen LogP contribution in [0.1, 0.15) is 13.8 Å². The minimum atomic E-state index is -0.934. The van der Waals surface area contributed by atoms with E-state index in [0.717, 1.165) is 0 Å². The van der Waals surface area contributed by atoms with Crippen molar-refractivity contribution in [2.24, 2.45) is 5.41 Å². The first-order valence-electron chi connectivity index (χ1n) is 5.02. The topological polar surface area (TPSA) is 52.6 Å². The number of hydrogen-bond acceptors (Lipinski definition) is 4. The predicted octanol–water partition coefficient (Wildman–Crippen LogP) is 1.88. The third kappa shape index (κ3) is 6.56. The lowest BCUT2D eigenvalue weighted by molar-refractivity contribution is -0.145. The van der Waals surface area contributed by atoms with Gasteiger partial charge in [0.05, 0.1) is 0 Å². The van der Waals surface area contributed by atoms with Crippen molar-refractivity contribution in [3.8, 4) is 0 Å². The van der Waals surface area contributed by atoms with Crippen LogP contribution in [0.4, 0.5) is 0 Å². The van der Waals surface area contributed by atoms with E-state index in [0.29, 0.717) is 11.1 Å². The first-order valence-corrected chi connectivity index (χ1v) is 5.02. The fourth-order valence-corrected chi connectivity index (χ4v) is 0.725. The van der Waals surface area contributed by atoms with Gasteiger partial charge in [0, 0.05) is 16.6 Å². The highest BCUT2D eigenvalue weighted by Crippen LogP contribution is 2.16. The molecule has 4 nitrogen and oxygen atoms in total. The SMILES string of the molecule is [CH2]C([CH2])(COC(=O)C(=C)C)COC(=O)C(=C)C. The molecule has 0 spiro atoms. The van der Waals surface area contributed by atoms with Crippen LogP contribution >= 0.6 is 0 Å². The molecule has 0 aromatic rings. The minimum absolute atomic E-state index is 0.0534. The van der Waals surface area contributed by atoms with Gasteiger partial charge in [-0.15, -0.1) is 0 Å². The summed E-state index contributed by atoms with van der Waals surface area (Å²) in [4.78, 5) is 22.3. The normalized spacial score (nSPS) is 10.6. The van der Waals surface area contributed by atoms with E-state index in [1.165, 1.54) is 13.8 Å². The standard InChI is InChI=1S/C13H18O4/c1-9(2)11(14)16-7-13(5,6)8-17-12(15)10(3)4/h1,3,5-8H2,2,4H3. The number of ether oxygens (including phenoxy) is 2. The second-order valence-corrected chi connectivity index (χ2v) is 4.21. The lowest BCUT2D eigenvalue weighted by Crippen LogP contribution is -2.29. The number of hydrogen-bond donors (Lipinski definition) is 0. The van der Waals surface area contributed by atoms with Crippen LogP contribution < -0.4 is 0 Å². The maximum atomic E-state index is 11.1. The number of carbonyl (C=O) groups excluding carboxylic acids is 2. The van der Waals surface area contributed by atoms with Gasteiger partial charge in [0.25, 0.3) is 0 Å². The van der Waals surface area contributed by atoms with Crippen molar-refractivity contribution in [3.63, 3.8) is 0 Å². The van der Waals surface area contributed by atoms with Crippen molar-refractivity contribution in [2.75, 3.05) is 13.2 Å². The summed E-state index contributed by atoms with van der Waals surface area (Å²) in [5.74, 6) is -1.04. The molecule has 0 N–H and O–H groups in total. The Hall–Kier alpha value is -1.58. The second kappa shape index (κ2) is 6.23. The first-order chi connectivity index (χ1) is 7.65. The van der Waals surface area contributed by atoms with Crippen molar-refractivity contribution in [1.82, 2.24) is 0 Å². The van der Waals surface area contributed by atoms with Gasteiger partial charge in [-0.3, -0.25) is 0 Å². The van der Waals surface area contributed by atoms with Crippen LogP contribution in [-0.4, -0.2) is 25.2 Å². The molecule has 0 atom stereocenters. The highest BCUT2D eigenvalue weighted by Gasteiger charge is 2.23. The molecule has 0 saturated carbocycles. The fourth-order valence-electron chi connectivity index (χ4n) is 0.725. The Balaban J connectivity index is 4.12.